The minimum absolute atomic E-state index is 0.126. The normalized spacial score (nSPS) is 12.5. The lowest BCUT2D eigenvalue weighted by molar-refractivity contribution is -0.143. The SMILES string of the molecule is C[C@@H](CCOc1c(-c2nccc(N)n2)cnn1C)Nc1cc(Cl)ncc1-c1cc(C(F)(F)F)n(C)n1. The van der Waals surface area contributed by atoms with Crippen LogP contribution in [0.5, 0.6) is 5.88 Å². The lowest BCUT2D eigenvalue weighted by Gasteiger charge is -2.18. The molecule has 0 unspecified atom stereocenters. The van der Waals surface area contributed by atoms with Crippen molar-refractivity contribution in [2.45, 2.75) is 25.6 Å². The molecule has 14 heteroatoms. The molecule has 4 aromatic heterocycles. The number of alkyl halides is 3. The number of nitrogens with one attached hydrogen (secondary N) is 1. The van der Waals surface area contributed by atoms with E-state index in [4.69, 9.17) is 22.1 Å². The maximum Gasteiger partial charge on any atom is 0.433 e. The fourth-order valence-corrected chi connectivity index (χ4v) is 3.70. The van der Waals surface area contributed by atoms with Gasteiger partial charge < -0.3 is 15.8 Å². The summed E-state index contributed by atoms with van der Waals surface area (Å²) in [6, 6.07) is 3.97. The zero-order chi connectivity index (χ0) is 26.0. The molecule has 0 aliphatic rings. The first kappa shape index (κ1) is 25.2. The van der Waals surface area contributed by atoms with Gasteiger partial charge in [0, 0.05) is 50.2 Å². The van der Waals surface area contributed by atoms with E-state index in [1.54, 1.807) is 36.3 Å². The van der Waals surface area contributed by atoms with E-state index in [-0.39, 0.29) is 16.9 Å². The van der Waals surface area contributed by atoms with Gasteiger partial charge in [0.05, 0.1) is 18.5 Å². The summed E-state index contributed by atoms with van der Waals surface area (Å²) in [4.78, 5) is 12.4. The molecule has 0 saturated heterocycles. The number of halogens is 4. The fraction of sp³-hybridized carbons (Fsp3) is 0.318. The molecule has 10 nitrogen and oxygen atoms in total. The van der Waals surface area contributed by atoms with Gasteiger partial charge in [-0.15, -0.1) is 0 Å². The molecule has 3 N–H and O–H groups in total. The monoisotopic (exact) mass is 521 g/mol. The van der Waals surface area contributed by atoms with Gasteiger partial charge >= 0.3 is 6.18 Å². The Hall–Kier alpha value is -3.87. The van der Waals surface area contributed by atoms with Crippen molar-refractivity contribution in [2.24, 2.45) is 14.1 Å². The average Bonchev–Trinajstić information content (AvgIpc) is 3.36. The van der Waals surface area contributed by atoms with Crippen LogP contribution in [0.15, 0.2) is 36.8 Å². The van der Waals surface area contributed by atoms with Gasteiger partial charge in [-0.1, -0.05) is 11.6 Å². The molecule has 1 atom stereocenters. The van der Waals surface area contributed by atoms with Gasteiger partial charge in [-0.05, 0) is 25.1 Å². The number of aromatic nitrogens is 7. The molecule has 4 rings (SSSR count). The zero-order valence-electron chi connectivity index (χ0n) is 19.6. The third-order valence-electron chi connectivity index (χ3n) is 5.31. The van der Waals surface area contributed by atoms with Crippen molar-refractivity contribution >= 4 is 23.1 Å². The molecule has 0 fully saturated rings. The number of ether oxygens (including phenoxy) is 1. The Balaban J connectivity index is 1.46. The fourth-order valence-electron chi connectivity index (χ4n) is 3.54. The van der Waals surface area contributed by atoms with Crippen LogP contribution in [0, 0.1) is 0 Å². The molecule has 0 bridgehead atoms. The van der Waals surface area contributed by atoms with Crippen molar-refractivity contribution in [1.29, 1.82) is 0 Å². The van der Waals surface area contributed by atoms with E-state index in [9.17, 15) is 13.2 Å². The van der Waals surface area contributed by atoms with Gasteiger partial charge in [-0.2, -0.15) is 23.4 Å². The van der Waals surface area contributed by atoms with Crippen molar-refractivity contribution in [3.05, 3.63) is 47.6 Å². The summed E-state index contributed by atoms with van der Waals surface area (Å²) < 4.78 is 48.1. The van der Waals surface area contributed by atoms with E-state index < -0.39 is 11.9 Å². The van der Waals surface area contributed by atoms with Gasteiger partial charge in [0.2, 0.25) is 5.88 Å². The molecule has 0 aliphatic heterocycles. The number of anilines is 2. The summed E-state index contributed by atoms with van der Waals surface area (Å²) in [5.41, 5.74) is 6.52. The minimum atomic E-state index is -4.53. The largest absolute Gasteiger partial charge is 0.477 e. The van der Waals surface area contributed by atoms with Crippen LogP contribution < -0.4 is 15.8 Å². The number of rotatable bonds is 8. The average molecular weight is 522 g/mol. The van der Waals surface area contributed by atoms with Gasteiger partial charge in [-0.25, -0.2) is 19.6 Å². The maximum atomic E-state index is 13.2. The van der Waals surface area contributed by atoms with E-state index in [1.807, 2.05) is 6.92 Å². The van der Waals surface area contributed by atoms with Gasteiger partial charge in [0.25, 0.3) is 0 Å². The second-order valence-corrected chi connectivity index (χ2v) is 8.45. The van der Waals surface area contributed by atoms with Gasteiger partial charge in [0.1, 0.15) is 22.2 Å². The Kier molecular flexibility index (Phi) is 7.02. The quantitative estimate of drug-likeness (QED) is 0.331. The summed E-state index contributed by atoms with van der Waals surface area (Å²) in [7, 11) is 2.98. The third-order valence-corrected chi connectivity index (χ3v) is 5.52. The molecule has 0 aliphatic carbocycles. The Morgan fingerprint density at radius 3 is 2.61 bits per heavy atom. The molecule has 0 spiro atoms. The van der Waals surface area contributed by atoms with Gasteiger partial charge in [0.15, 0.2) is 5.82 Å². The molecule has 4 heterocycles. The number of pyridine rings is 1. The van der Waals surface area contributed by atoms with Crippen molar-refractivity contribution in [1.82, 2.24) is 34.5 Å². The molecule has 0 amide bonds. The number of nitrogen functional groups attached to an aromatic ring is 1. The number of nitrogens with zero attached hydrogens (tertiary/aromatic N) is 7. The predicted molar refractivity (Wildman–Crippen MR) is 128 cm³/mol. The molecule has 4 aromatic rings. The molecule has 36 heavy (non-hydrogen) atoms. The number of aryl methyl sites for hydroxylation is 2. The van der Waals surface area contributed by atoms with E-state index in [1.165, 1.54) is 13.2 Å². The van der Waals surface area contributed by atoms with Gasteiger partial charge in [-0.3, -0.25) is 4.68 Å². The Bertz CT molecular complexity index is 1370. The smallest absolute Gasteiger partial charge is 0.433 e. The second kappa shape index (κ2) is 10.0. The molecular formula is C22H23ClF3N9O. The zero-order valence-corrected chi connectivity index (χ0v) is 20.3. The predicted octanol–water partition coefficient (Wildman–Crippen LogP) is 4.20. The molecule has 0 saturated carbocycles. The van der Waals surface area contributed by atoms with Crippen LogP contribution in [0.3, 0.4) is 0 Å². The van der Waals surface area contributed by atoms with Crippen molar-refractivity contribution in [2.75, 3.05) is 17.7 Å². The lowest BCUT2D eigenvalue weighted by Crippen LogP contribution is -2.19. The summed E-state index contributed by atoms with van der Waals surface area (Å²) in [6.07, 6.45) is 0.553. The maximum absolute atomic E-state index is 13.2. The Labute approximate surface area is 209 Å². The first-order valence-electron chi connectivity index (χ1n) is 10.8. The molecule has 0 radical (unpaired) electrons. The first-order valence-corrected chi connectivity index (χ1v) is 11.2. The van der Waals surface area contributed by atoms with E-state index >= 15 is 0 Å². The Morgan fingerprint density at radius 2 is 1.92 bits per heavy atom. The molecule has 0 aromatic carbocycles. The van der Waals surface area contributed by atoms with Crippen LogP contribution in [-0.4, -0.2) is 47.2 Å². The van der Waals surface area contributed by atoms with Crippen LogP contribution in [0.1, 0.15) is 19.0 Å². The summed E-state index contributed by atoms with van der Waals surface area (Å²) >= 11 is 6.06. The summed E-state index contributed by atoms with van der Waals surface area (Å²) in [6.45, 7) is 2.21. The van der Waals surface area contributed by atoms with Crippen LogP contribution in [0.2, 0.25) is 5.15 Å². The summed E-state index contributed by atoms with van der Waals surface area (Å²) in [5, 5.41) is 11.7. The lowest BCUT2D eigenvalue weighted by atomic mass is 10.1. The van der Waals surface area contributed by atoms with Crippen LogP contribution in [0.4, 0.5) is 24.7 Å². The highest BCUT2D eigenvalue weighted by molar-refractivity contribution is 6.29. The molecule has 190 valence electrons. The Morgan fingerprint density at radius 1 is 1.14 bits per heavy atom. The minimum Gasteiger partial charge on any atom is -0.477 e. The van der Waals surface area contributed by atoms with Crippen LogP contribution in [0.25, 0.3) is 22.6 Å². The third kappa shape index (κ3) is 5.51. The van der Waals surface area contributed by atoms with E-state index in [2.05, 4.69) is 30.5 Å². The number of hydrogen-bond acceptors (Lipinski definition) is 8. The highest BCUT2D eigenvalue weighted by Gasteiger charge is 2.35. The van der Waals surface area contributed by atoms with Crippen LogP contribution >= 0.6 is 11.6 Å². The van der Waals surface area contributed by atoms with Crippen molar-refractivity contribution < 1.29 is 17.9 Å². The first-order chi connectivity index (χ1) is 17.0. The van der Waals surface area contributed by atoms with E-state index in [0.717, 1.165) is 10.7 Å². The highest BCUT2D eigenvalue weighted by Crippen LogP contribution is 2.35. The summed E-state index contributed by atoms with van der Waals surface area (Å²) in [5.74, 6) is 1.21. The second-order valence-electron chi connectivity index (χ2n) is 8.06. The molecular weight excluding hydrogens is 499 g/mol. The number of hydrogen-bond donors (Lipinski definition) is 2. The van der Waals surface area contributed by atoms with E-state index in [0.29, 0.717) is 47.4 Å². The van der Waals surface area contributed by atoms with Crippen LogP contribution in [-0.2, 0) is 20.3 Å². The topological polar surface area (TPSA) is 122 Å². The standard InChI is InChI=1S/C22H23ClF3N9O/c1-12(5-7-36-21-14(11-30-35(21)3)20-28-6-4-19(27)32-20)31-15-9-18(23)29-10-13(15)16-8-17(22(24,25)26)34(2)33-16/h4,6,8-12H,5,7H2,1-3H3,(H,29,31)(H2,27,28,32)/t12-/m0/s1. The number of nitrogens with two attached hydrogens (primary N) is 1. The van der Waals surface area contributed by atoms with Crippen molar-refractivity contribution in [3.63, 3.8) is 0 Å². The highest BCUT2D eigenvalue weighted by atomic mass is 35.5. The van der Waals surface area contributed by atoms with Crippen molar-refractivity contribution in [3.8, 4) is 28.5 Å².